The number of nitrogens with zero attached hydrogens (tertiary/aromatic N) is 1. The molecule has 4 atom stereocenters. The molecule has 2 nitrogen and oxygen atoms in total. The molecule has 0 amide bonds. The molecule has 2 rings (SSSR count). The molecule has 2 fully saturated rings. The number of aliphatic hydroxyl groups is 1. The Kier molecular flexibility index (Phi) is 2.61. The Morgan fingerprint density at radius 1 is 1.36 bits per heavy atom. The molecule has 2 saturated carbocycles. The van der Waals surface area contributed by atoms with E-state index in [2.05, 4.69) is 25.9 Å². The molecule has 1 N–H and O–H groups in total. The number of hydrogen-bond acceptors (Lipinski definition) is 2. The fourth-order valence-corrected chi connectivity index (χ4v) is 3.57. The third-order valence-corrected chi connectivity index (χ3v) is 4.59. The average Bonchev–Trinajstić information content (AvgIpc) is 2.45. The molecular weight excluding hydrogens is 174 g/mol. The lowest BCUT2D eigenvalue weighted by molar-refractivity contribution is -0.0288. The van der Waals surface area contributed by atoms with E-state index in [-0.39, 0.29) is 6.10 Å². The number of likely N-dealkylation sites (N-methyl/N-ethyl adjacent to an activating group) is 1. The van der Waals surface area contributed by atoms with E-state index in [1.165, 1.54) is 25.7 Å². The Morgan fingerprint density at radius 3 is 2.71 bits per heavy atom. The van der Waals surface area contributed by atoms with Crippen LogP contribution in [0.25, 0.3) is 0 Å². The van der Waals surface area contributed by atoms with Crippen LogP contribution in [0, 0.1) is 11.3 Å². The Bertz CT molecular complexity index is 216. The third kappa shape index (κ3) is 1.59. The molecule has 2 aliphatic rings. The predicted molar refractivity (Wildman–Crippen MR) is 58.2 cm³/mol. The summed E-state index contributed by atoms with van der Waals surface area (Å²) in [7, 11) is 4.18. The SMILES string of the molecule is CN(C)[C@@H]1C[C@@]2(C)CCC[C@@H]2C[C@@H]1O. The molecule has 0 aromatic heterocycles. The molecule has 0 aromatic rings. The highest BCUT2D eigenvalue weighted by molar-refractivity contribution is 4.99. The van der Waals surface area contributed by atoms with E-state index in [9.17, 15) is 5.11 Å². The molecular formula is C12H23NO. The van der Waals surface area contributed by atoms with Crippen molar-refractivity contribution in [3.8, 4) is 0 Å². The Morgan fingerprint density at radius 2 is 2.07 bits per heavy atom. The number of aliphatic hydroxyl groups excluding tert-OH is 1. The molecule has 82 valence electrons. The lowest BCUT2D eigenvalue weighted by atomic mass is 9.66. The summed E-state index contributed by atoms with van der Waals surface area (Å²) in [6.45, 7) is 2.42. The summed E-state index contributed by atoms with van der Waals surface area (Å²) >= 11 is 0. The average molecular weight is 197 g/mol. The minimum atomic E-state index is -0.0961. The van der Waals surface area contributed by atoms with Crippen LogP contribution in [-0.4, -0.2) is 36.2 Å². The smallest absolute Gasteiger partial charge is 0.0698 e. The van der Waals surface area contributed by atoms with Crippen molar-refractivity contribution in [1.82, 2.24) is 4.90 Å². The molecule has 2 aliphatic carbocycles. The molecule has 2 heteroatoms. The maximum absolute atomic E-state index is 10.1. The Labute approximate surface area is 87.3 Å². The number of fused-ring (bicyclic) bond motifs is 1. The second-order valence-corrected chi connectivity index (χ2v) is 5.78. The number of rotatable bonds is 1. The van der Waals surface area contributed by atoms with Gasteiger partial charge in [0.1, 0.15) is 0 Å². The van der Waals surface area contributed by atoms with Crippen molar-refractivity contribution < 1.29 is 5.11 Å². The van der Waals surface area contributed by atoms with Crippen LogP contribution in [0.1, 0.15) is 39.0 Å². The quantitative estimate of drug-likeness (QED) is 0.694. The monoisotopic (exact) mass is 197 g/mol. The van der Waals surface area contributed by atoms with Crippen LogP contribution in [0.4, 0.5) is 0 Å². The highest BCUT2D eigenvalue weighted by Crippen LogP contribution is 2.52. The summed E-state index contributed by atoms with van der Waals surface area (Å²) in [5, 5.41) is 10.1. The second-order valence-electron chi connectivity index (χ2n) is 5.78. The van der Waals surface area contributed by atoms with E-state index >= 15 is 0 Å². The van der Waals surface area contributed by atoms with Gasteiger partial charge in [0.2, 0.25) is 0 Å². The normalized spacial score (nSPS) is 48.2. The first-order valence-corrected chi connectivity index (χ1v) is 5.87. The van der Waals surface area contributed by atoms with Gasteiger partial charge >= 0.3 is 0 Å². The van der Waals surface area contributed by atoms with Gasteiger partial charge in [-0.25, -0.2) is 0 Å². The fourth-order valence-electron chi connectivity index (χ4n) is 3.57. The standard InChI is InChI=1S/C12H23NO/c1-12-6-4-5-9(12)7-11(14)10(8-12)13(2)3/h9-11,14H,4-8H2,1-3H3/t9-,10-,11+,12-/m1/s1. The van der Waals surface area contributed by atoms with E-state index < -0.39 is 0 Å². The number of hydrogen-bond donors (Lipinski definition) is 1. The highest BCUT2D eigenvalue weighted by Gasteiger charge is 2.47. The maximum Gasteiger partial charge on any atom is 0.0698 e. The van der Waals surface area contributed by atoms with Gasteiger partial charge in [0.05, 0.1) is 6.10 Å². The Hall–Kier alpha value is -0.0800. The lowest BCUT2D eigenvalue weighted by Crippen LogP contribution is -2.49. The van der Waals surface area contributed by atoms with Gasteiger partial charge in [0.25, 0.3) is 0 Å². The van der Waals surface area contributed by atoms with Crippen molar-refractivity contribution in [2.24, 2.45) is 11.3 Å². The molecule has 0 aromatic carbocycles. The topological polar surface area (TPSA) is 23.5 Å². The van der Waals surface area contributed by atoms with Crippen LogP contribution in [0.2, 0.25) is 0 Å². The van der Waals surface area contributed by atoms with Crippen LogP contribution in [-0.2, 0) is 0 Å². The van der Waals surface area contributed by atoms with E-state index in [0.717, 1.165) is 12.3 Å². The summed E-state index contributed by atoms with van der Waals surface area (Å²) in [4.78, 5) is 2.20. The molecule has 0 radical (unpaired) electrons. The van der Waals surface area contributed by atoms with Crippen molar-refractivity contribution in [1.29, 1.82) is 0 Å². The molecule has 0 saturated heterocycles. The summed E-state index contributed by atoms with van der Waals surface area (Å²) in [5.74, 6) is 0.786. The van der Waals surface area contributed by atoms with Crippen molar-refractivity contribution >= 4 is 0 Å². The van der Waals surface area contributed by atoms with Crippen LogP contribution >= 0.6 is 0 Å². The van der Waals surface area contributed by atoms with Crippen molar-refractivity contribution in [2.45, 2.75) is 51.2 Å². The van der Waals surface area contributed by atoms with Crippen molar-refractivity contribution in [3.05, 3.63) is 0 Å². The molecule has 0 bridgehead atoms. The lowest BCUT2D eigenvalue weighted by Gasteiger charge is -2.45. The van der Waals surface area contributed by atoms with Gasteiger partial charge in [-0.15, -0.1) is 0 Å². The van der Waals surface area contributed by atoms with Crippen molar-refractivity contribution in [2.75, 3.05) is 14.1 Å². The summed E-state index contributed by atoms with van der Waals surface area (Å²) < 4.78 is 0. The minimum Gasteiger partial charge on any atom is -0.391 e. The first kappa shape index (κ1) is 10.4. The van der Waals surface area contributed by atoms with Crippen LogP contribution in [0.3, 0.4) is 0 Å². The van der Waals surface area contributed by atoms with Gasteiger partial charge in [0, 0.05) is 6.04 Å². The molecule has 14 heavy (non-hydrogen) atoms. The zero-order valence-electron chi connectivity index (χ0n) is 9.66. The van der Waals surface area contributed by atoms with Gasteiger partial charge in [-0.3, -0.25) is 0 Å². The molecule has 0 heterocycles. The van der Waals surface area contributed by atoms with E-state index in [4.69, 9.17) is 0 Å². The van der Waals surface area contributed by atoms with E-state index in [1.807, 2.05) is 0 Å². The second kappa shape index (κ2) is 3.49. The largest absolute Gasteiger partial charge is 0.391 e. The van der Waals surface area contributed by atoms with Gasteiger partial charge in [0.15, 0.2) is 0 Å². The first-order valence-electron chi connectivity index (χ1n) is 5.87. The van der Waals surface area contributed by atoms with Crippen molar-refractivity contribution in [3.63, 3.8) is 0 Å². The van der Waals surface area contributed by atoms with Gasteiger partial charge < -0.3 is 10.0 Å². The fraction of sp³-hybridized carbons (Fsp3) is 1.00. The minimum absolute atomic E-state index is 0.0961. The Balaban J connectivity index is 2.12. The summed E-state index contributed by atoms with van der Waals surface area (Å²) in [6, 6.07) is 0.384. The predicted octanol–water partition coefficient (Wildman–Crippen LogP) is 1.88. The first-order chi connectivity index (χ1) is 6.53. The molecule has 0 spiro atoms. The maximum atomic E-state index is 10.1. The van der Waals surface area contributed by atoms with E-state index in [0.29, 0.717) is 11.5 Å². The van der Waals surface area contributed by atoms with E-state index in [1.54, 1.807) is 0 Å². The zero-order chi connectivity index (χ0) is 10.3. The summed E-state index contributed by atoms with van der Waals surface area (Å²) in [5.41, 5.74) is 0.522. The summed E-state index contributed by atoms with van der Waals surface area (Å²) in [6.07, 6.45) is 6.20. The molecule has 0 unspecified atom stereocenters. The van der Waals surface area contributed by atoms with Crippen LogP contribution < -0.4 is 0 Å². The van der Waals surface area contributed by atoms with Gasteiger partial charge in [-0.2, -0.15) is 0 Å². The van der Waals surface area contributed by atoms with Gasteiger partial charge in [-0.05, 0) is 51.1 Å². The van der Waals surface area contributed by atoms with Crippen LogP contribution in [0.15, 0.2) is 0 Å². The third-order valence-electron chi connectivity index (χ3n) is 4.59. The highest BCUT2D eigenvalue weighted by atomic mass is 16.3. The van der Waals surface area contributed by atoms with Crippen LogP contribution in [0.5, 0.6) is 0 Å². The molecule has 0 aliphatic heterocycles. The van der Waals surface area contributed by atoms with Gasteiger partial charge in [-0.1, -0.05) is 13.3 Å². The zero-order valence-corrected chi connectivity index (χ0v) is 9.66.